The fourth-order valence-electron chi connectivity index (χ4n) is 2.90. The Morgan fingerprint density at radius 2 is 2.08 bits per heavy atom. The average molecular weight is 337 g/mol. The fraction of sp³-hybridized carbons (Fsp3) is 0.353. The minimum atomic E-state index is 0.413. The third kappa shape index (κ3) is 3.48. The molecule has 4 heterocycles. The Bertz CT molecular complexity index is 863. The van der Waals surface area contributed by atoms with E-state index in [0.717, 1.165) is 43.3 Å². The van der Waals surface area contributed by atoms with Crippen molar-refractivity contribution in [2.45, 2.75) is 26.3 Å². The molecular weight excluding hydrogens is 318 g/mol. The maximum Gasteiger partial charge on any atom is 0.246 e. The average Bonchev–Trinajstić information content (AvgIpc) is 2.98. The van der Waals surface area contributed by atoms with Crippen LogP contribution >= 0.6 is 0 Å². The molecule has 1 aliphatic heterocycles. The molecule has 2 N–H and O–H groups in total. The van der Waals surface area contributed by atoms with E-state index in [9.17, 15) is 0 Å². The van der Waals surface area contributed by atoms with Gasteiger partial charge in [0.25, 0.3) is 0 Å². The zero-order chi connectivity index (χ0) is 17.1. The standard InChI is InChI=1S/C17H19N7O/c1-11-21-13-6-9-18-8-5-12(13)16(22-11)20-10-15-23-17(24-25-15)14-4-2-3-7-19-14/h2-4,7,18H,5-6,8-10H2,1H3,(H,20,21,22). The Morgan fingerprint density at radius 1 is 1.16 bits per heavy atom. The van der Waals surface area contributed by atoms with Crippen LogP contribution in [0.25, 0.3) is 11.5 Å². The molecule has 0 saturated carbocycles. The summed E-state index contributed by atoms with van der Waals surface area (Å²) in [5.74, 6) is 2.60. The van der Waals surface area contributed by atoms with Gasteiger partial charge in [0.1, 0.15) is 17.3 Å². The van der Waals surface area contributed by atoms with Crippen LogP contribution in [-0.2, 0) is 19.4 Å². The van der Waals surface area contributed by atoms with Crippen LogP contribution in [-0.4, -0.2) is 38.2 Å². The first-order chi connectivity index (χ1) is 12.3. The summed E-state index contributed by atoms with van der Waals surface area (Å²) in [7, 11) is 0. The highest BCUT2D eigenvalue weighted by Gasteiger charge is 2.16. The molecule has 0 aromatic carbocycles. The summed E-state index contributed by atoms with van der Waals surface area (Å²) in [6, 6.07) is 5.59. The van der Waals surface area contributed by atoms with E-state index in [1.165, 1.54) is 5.56 Å². The molecule has 8 nitrogen and oxygen atoms in total. The Morgan fingerprint density at radius 3 is 2.96 bits per heavy atom. The van der Waals surface area contributed by atoms with Gasteiger partial charge in [-0.25, -0.2) is 9.97 Å². The van der Waals surface area contributed by atoms with E-state index in [1.54, 1.807) is 6.20 Å². The van der Waals surface area contributed by atoms with Crippen LogP contribution in [0.4, 0.5) is 5.82 Å². The largest absolute Gasteiger partial charge is 0.361 e. The zero-order valence-corrected chi connectivity index (χ0v) is 14.0. The third-order valence-electron chi connectivity index (χ3n) is 4.06. The van der Waals surface area contributed by atoms with Crippen molar-refractivity contribution >= 4 is 5.82 Å². The first-order valence-electron chi connectivity index (χ1n) is 8.34. The van der Waals surface area contributed by atoms with E-state index in [-0.39, 0.29) is 0 Å². The second kappa shape index (κ2) is 6.94. The summed E-state index contributed by atoms with van der Waals surface area (Å²) < 4.78 is 5.32. The molecule has 0 radical (unpaired) electrons. The summed E-state index contributed by atoms with van der Waals surface area (Å²) in [6.45, 7) is 4.20. The molecule has 8 heteroatoms. The fourth-order valence-corrected chi connectivity index (χ4v) is 2.90. The molecule has 0 unspecified atom stereocenters. The van der Waals surface area contributed by atoms with Gasteiger partial charge in [0, 0.05) is 24.7 Å². The highest BCUT2D eigenvalue weighted by Crippen LogP contribution is 2.20. The lowest BCUT2D eigenvalue weighted by Crippen LogP contribution is -2.16. The number of hydrogen-bond donors (Lipinski definition) is 2. The van der Waals surface area contributed by atoms with Crippen LogP contribution in [0.15, 0.2) is 28.9 Å². The van der Waals surface area contributed by atoms with Crippen LogP contribution in [0.3, 0.4) is 0 Å². The van der Waals surface area contributed by atoms with Gasteiger partial charge in [-0.15, -0.1) is 0 Å². The zero-order valence-electron chi connectivity index (χ0n) is 14.0. The van der Waals surface area contributed by atoms with E-state index in [4.69, 9.17) is 4.52 Å². The van der Waals surface area contributed by atoms with Crippen molar-refractivity contribution < 1.29 is 4.52 Å². The summed E-state index contributed by atoms with van der Waals surface area (Å²) in [4.78, 5) is 17.8. The van der Waals surface area contributed by atoms with Crippen LogP contribution in [0, 0.1) is 6.92 Å². The molecular formula is C17H19N7O. The number of hydrogen-bond acceptors (Lipinski definition) is 8. The van der Waals surface area contributed by atoms with Gasteiger partial charge in [-0.2, -0.15) is 4.98 Å². The topological polar surface area (TPSA) is 102 Å². The Balaban J connectivity index is 1.52. The number of nitrogens with one attached hydrogen (secondary N) is 2. The molecule has 0 fully saturated rings. The van der Waals surface area contributed by atoms with Gasteiger partial charge in [0.2, 0.25) is 11.7 Å². The van der Waals surface area contributed by atoms with Crippen molar-refractivity contribution in [2.24, 2.45) is 0 Å². The molecule has 3 aromatic heterocycles. The highest BCUT2D eigenvalue weighted by molar-refractivity contribution is 5.49. The van der Waals surface area contributed by atoms with Gasteiger partial charge in [0.15, 0.2) is 0 Å². The number of aryl methyl sites for hydroxylation is 1. The molecule has 0 aliphatic carbocycles. The minimum Gasteiger partial charge on any atom is -0.361 e. The molecule has 3 aromatic rings. The van der Waals surface area contributed by atoms with Crippen molar-refractivity contribution in [1.29, 1.82) is 0 Å². The highest BCUT2D eigenvalue weighted by atomic mass is 16.5. The van der Waals surface area contributed by atoms with E-state index in [1.807, 2.05) is 25.1 Å². The van der Waals surface area contributed by atoms with Crippen LogP contribution in [0.2, 0.25) is 0 Å². The van der Waals surface area contributed by atoms with Crippen molar-refractivity contribution in [3.63, 3.8) is 0 Å². The Labute approximate surface area is 145 Å². The van der Waals surface area contributed by atoms with Crippen LogP contribution in [0.1, 0.15) is 23.0 Å². The maximum absolute atomic E-state index is 5.32. The summed E-state index contributed by atoms with van der Waals surface area (Å²) in [5.41, 5.74) is 2.97. The molecule has 1 aliphatic rings. The van der Waals surface area contributed by atoms with E-state index in [2.05, 4.69) is 35.7 Å². The first-order valence-corrected chi connectivity index (χ1v) is 8.34. The quantitative estimate of drug-likeness (QED) is 0.739. The second-order valence-electron chi connectivity index (χ2n) is 5.87. The van der Waals surface area contributed by atoms with Crippen LogP contribution < -0.4 is 10.6 Å². The number of nitrogens with zero attached hydrogens (tertiary/aromatic N) is 5. The predicted octanol–water partition coefficient (Wildman–Crippen LogP) is 1.53. The molecule has 0 atom stereocenters. The Kier molecular flexibility index (Phi) is 4.34. The molecule has 0 bridgehead atoms. The predicted molar refractivity (Wildman–Crippen MR) is 91.9 cm³/mol. The lowest BCUT2D eigenvalue weighted by atomic mass is 10.1. The maximum atomic E-state index is 5.32. The van der Waals surface area contributed by atoms with Crippen molar-refractivity contribution in [3.8, 4) is 11.5 Å². The van der Waals surface area contributed by atoms with E-state index >= 15 is 0 Å². The molecule has 0 saturated heterocycles. The molecule has 4 rings (SSSR count). The van der Waals surface area contributed by atoms with Gasteiger partial charge in [0.05, 0.1) is 12.2 Å². The normalized spacial score (nSPS) is 14.0. The molecule has 128 valence electrons. The van der Waals surface area contributed by atoms with Gasteiger partial charge in [-0.1, -0.05) is 11.2 Å². The monoisotopic (exact) mass is 337 g/mol. The molecule has 25 heavy (non-hydrogen) atoms. The summed E-state index contributed by atoms with van der Waals surface area (Å²) in [5, 5.41) is 10.7. The van der Waals surface area contributed by atoms with Crippen LogP contribution in [0.5, 0.6) is 0 Å². The number of rotatable bonds is 4. The van der Waals surface area contributed by atoms with Gasteiger partial charge in [-0.05, 0) is 32.0 Å². The number of anilines is 1. The smallest absolute Gasteiger partial charge is 0.246 e. The number of fused-ring (bicyclic) bond motifs is 1. The lowest BCUT2D eigenvalue weighted by molar-refractivity contribution is 0.383. The van der Waals surface area contributed by atoms with Crippen molar-refractivity contribution in [1.82, 2.24) is 30.4 Å². The van der Waals surface area contributed by atoms with E-state index in [0.29, 0.717) is 24.0 Å². The van der Waals surface area contributed by atoms with Crippen molar-refractivity contribution in [3.05, 3.63) is 47.4 Å². The minimum absolute atomic E-state index is 0.413. The molecule has 0 amide bonds. The third-order valence-corrected chi connectivity index (χ3v) is 4.06. The van der Waals surface area contributed by atoms with E-state index < -0.39 is 0 Å². The van der Waals surface area contributed by atoms with Gasteiger partial charge < -0.3 is 15.2 Å². The number of aromatic nitrogens is 5. The summed E-state index contributed by atoms with van der Waals surface area (Å²) >= 11 is 0. The molecule has 0 spiro atoms. The number of pyridine rings is 1. The van der Waals surface area contributed by atoms with Crippen molar-refractivity contribution in [2.75, 3.05) is 18.4 Å². The van der Waals surface area contributed by atoms with Gasteiger partial charge in [-0.3, -0.25) is 4.98 Å². The lowest BCUT2D eigenvalue weighted by Gasteiger charge is -2.12. The van der Waals surface area contributed by atoms with Gasteiger partial charge >= 0.3 is 0 Å². The Hall–Kier alpha value is -2.87. The summed E-state index contributed by atoms with van der Waals surface area (Å²) in [6.07, 6.45) is 3.52. The second-order valence-corrected chi connectivity index (χ2v) is 5.87. The SMILES string of the molecule is Cc1nc2c(c(NCc3nc(-c4ccccn4)no3)n1)CCNCC2. The first kappa shape index (κ1) is 15.6.